The predicted octanol–water partition coefficient (Wildman–Crippen LogP) is 0.684. The first-order valence-corrected chi connectivity index (χ1v) is 2.73. The summed E-state index contributed by atoms with van der Waals surface area (Å²) in [5, 5.41) is 0. The Morgan fingerprint density at radius 1 is 1.25 bits per heavy atom. The lowest BCUT2D eigenvalue weighted by molar-refractivity contribution is 0.0620. The monoisotopic (exact) mass is 114 g/mol. The lowest BCUT2D eigenvalue weighted by atomic mass is 9.93. The van der Waals surface area contributed by atoms with E-state index in [0.717, 1.165) is 12.8 Å². The second-order valence-electron chi connectivity index (χ2n) is 2.14. The first kappa shape index (κ1) is 4.18. The predicted molar refractivity (Wildman–Crippen MR) is 24.4 cm³/mol. The highest BCUT2D eigenvalue weighted by molar-refractivity contribution is 5.63. The smallest absolute Gasteiger partial charge is 0.427 e. The molecule has 3 nitrogen and oxygen atoms in total. The van der Waals surface area contributed by atoms with Crippen molar-refractivity contribution < 1.29 is 14.3 Å². The molecule has 2 atom stereocenters. The minimum absolute atomic E-state index is 0.0995. The molecule has 0 radical (unpaired) electrons. The van der Waals surface area contributed by atoms with E-state index in [0.29, 0.717) is 0 Å². The van der Waals surface area contributed by atoms with Crippen LogP contribution in [0.25, 0.3) is 0 Å². The van der Waals surface area contributed by atoms with E-state index in [1.54, 1.807) is 0 Å². The lowest BCUT2D eigenvalue weighted by Crippen LogP contribution is -2.33. The molecule has 3 heteroatoms. The molecule has 0 unspecified atom stereocenters. The molecule has 0 aromatic heterocycles. The highest BCUT2D eigenvalue weighted by Crippen LogP contribution is 2.32. The van der Waals surface area contributed by atoms with E-state index in [9.17, 15) is 4.79 Å². The van der Waals surface area contributed by atoms with Crippen molar-refractivity contribution in [3.8, 4) is 0 Å². The third-order valence-electron chi connectivity index (χ3n) is 1.65. The van der Waals surface area contributed by atoms with E-state index >= 15 is 0 Å². The average molecular weight is 114 g/mol. The van der Waals surface area contributed by atoms with Gasteiger partial charge in [-0.3, -0.25) is 0 Å². The number of ether oxygens (including phenoxy) is 2. The van der Waals surface area contributed by atoms with Crippen LogP contribution in [0.4, 0.5) is 4.79 Å². The van der Waals surface area contributed by atoms with Gasteiger partial charge < -0.3 is 9.47 Å². The first-order valence-electron chi connectivity index (χ1n) is 2.73. The van der Waals surface area contributed by atoms with Crippen LogP contribution < -0.4 is 0 Å². The van der Waals surface area contributed by atoms with Gasteiger partial charge in [0.25, 0.3) is 0 Å². The van der Waals surface area contributed by atoms with Crippen molar-refractivity contribution in [1.29, 1.82) is 0 Å². The Bertz CT molecular complexity index is 118. The normalized spacial score (nSPS) is 41.8. The molecule has 1 aliphatic heterocycles. The van der Waals surface area contributed by atoms with E-state index in [1.165, 1.54) is 0 Å². The first-order chi connectivity index (χ1) is 3.86. The molecular formula is C5H6O3. The van der Waals surface area contributed by atoms with Crippen LogP contribution in [0.15, 0.2) is 0 Å². The SMILES string of the molecule is O=C1O[C@@H]2CC[C@H]2O1. The summed E-state index contributed by atoms with van der Waals surface area (Å²) < 4.78 is 9.40. The van der Waals surface area contributed by atoms with Gasteiger partial charge in [0.1, 0.15) is 12.2 Å². The molecule has 2 aliphatic rings. The van der Waals surface area contributed by atoms with Crippen LogP contribution in [0.3, 0.4) is 0 Å². The van der Waals surface area contributed by atoms with Crippen LogP contribution in [0.2, 0.25) is 0 Å². The highest BCUT2D eigenvalue weighted by Gasteiger charge is 2.43. The van der Waals surface area contributed by atoms with E-state index < -0.39 is 6.16 Å². The van der Waals surface area contributed by atoms with Gasteiger partial charge in [-0.25, -0.2) is 4.79 Å². The van der Waals surface area contributed by atoms with Gasteiger partial charge in [0.2, 0.25) is 0 Å². The number of hydrogen-bond acceptors (Lipinski definition) is 3. The summed E-state index contributed by atoms with van der Waals surface area (Å²) in [5.74, 6) is 0. The second-order valence-corrected chi connectivity index (χ2v) is 2.14. The third-order valence-corrected chi connectivity index (χ3v) is 1.65. The molecule has 2 fully saturated rings. The zero-order chi connectivity index (χ0) is 5.56. The van der Waals surface area contributed by atoms with Crippen molar-refractivity contribution in [2.24, 2.45) is 0 Å². The van der Waals surface area contributed by atoms with Crippen molar-refractivity contribution in [1.82, 2.24) is 0 Å². The second kappa shape index (κ2) is 1.16. The van der Waals surface area contributed by atoms with E-state index in [-0.39, 0.29) is 12.2 Å². The van der Waals surface area contributed by atoms with Crippen molar-refractivity contribution in [3.63, 3.8) is 0 Å². The van der Waals surface area contributed by atoms with Crippen LogP contribution in [-0.4, -0.2) is 18.4 Å². The van der Waals surface area contributed by atoms with Crippen LogP contribution in [0.5, 0.6) is 0 Å². The number of carbonyl (C=O) groups is 1. The van der Waals surface area contributed by atoms with Gasteiger partial charge in [0.15, 0.2) is 0 Å². The van der Waals surface area contributed by atoms with Crippen molar-refractivity contribution in [3.05, 3.63) is 0 Å². The molecule has 1 heterocycles. The molecule has 2 rings (SSSR count). The summed E-state index contributed by atoms with van der Waals surface area (Å²) in [6.07, 6.45) is 1.68. The average Bonchev–Trinajstić information content (AvgIpc) is 1.91. The van der Waals surface area contributed by atoms with Gasteiger partial charge in [-0.05, 0) is 12.8 Å². The summed E-state index contributed by atoms with van der Waals surface area (Å²) in [4.78, 5) is 10.3. The molecule has 1 saturated heterocycles. The number of fused-ring (bicyclic) bond motifs is 1. The summed E-state index contributed by atoms with van der Waals surface area (Å²) in [6.45, 7) is 0. The zero-order valence-corrected chi connectivity index (χ0v) is 4.29. The number of carbonyl (C=O) groups excluding carboxylic acids is 1. The van der Waals surface area contributed by atoms with E-state index in [1.807, 2.05) is 0 Å². The summed E-state index contributed by atoms with van der Waals surface area (Å²) in [6, 6.07) is 0. The fourth-order valence-electron chi connectivity index (χ4n) is 0.983. The van der Waals surface area contributed by atoms with Crippen LogP contribution in [0.1, 0.15) is 12.8 Å². The van der Waals surface area contributed by atoms with Crippen LogP contribution in [-0.2, 0) is 9.47 Å². The summed E-state index contributed by atoms with van der Waals surface area (Å²) >= 11 is 0. The zero-order valence-electron chi connectivity index (χ0n) is 4.29. The van der Waals surface area contributed by atoms with Crippen molar-refractivity contribution in [2.45, 2.75) is 25.0 Å². The molecule has 0 spiro atoms. The van der Waals surface area contributed by atoms with Gasteiger partial charge in [-0.15, -0.1) is 0 Å². The van der Waals surface area contributed by atoms with Crippen LogP contribution in [0, 0.1) is 0 Å². The maximum Gasteiger partial charge on any atom is 0.509 e. The number of hydrogen-bond donors (Lipinski definition) is 0. The lowest BCUT2D eigenvalue weighted by Gasteiger charge is -2.23. The summed E-state index contributed by atoms with van der Waals surface area (Å²) in [5.41, 5.74) is 0. The molecule has 0 amide bonds. The Kier molecular flexibility index (Phi) is 0.604. The quantitative estimate of drug-likeness (QED) is 0.434. The molecule has 1 aliphatic carbocycles. The van der Waals surface area contributed by atoms with Crippen molar-refractivity contribution >= 4 is 6.16 Å². The van der Waals surface area contributed by atoms with Crippen LogP contribution >= 0.6 is 0 Å². The molecule has 0 N–H and O–H groups in total. The number of rotatable bonds is 0. The van der Waals surface area contributed by atoms with Crippen molar-refractivity contribution in [2.75, 3.05) is 0 Å². The Labute approximate surface area is 46.6 Å². The molecule has 44 valence electrons. The Hall–Kier alpha value is -0.730. The molecule has 8 heavy (non-hydrogen) atoms. The van der Waals surface area contributed by atoms with Gasteiger partial charge in [0, 0.05) is 0 Å². The van der Waals surface area contributed by atoms with E-state index in [2.05, 4.69) is 0 Å². The fraction of sp³-hybridized carbons (Fsp3) is 0.800. The summed E-state index contributed by atoms with van der Waals surface area (Å²) in [7, 11) is 0. The standard InChI is InChI=1S/C5H6O3/c6-5-7-3-1-2-4(3)8-5/h3-4H,1-2H2/t3-,4-/m1/s1. The molecule has 0 aromatic rings. The van der Waals surface area contributed by atoms with Gasteiger partial charge in [-0.1, -0.05) is 0 Å². The Balaban J connectivity index is 2.10. The molecule has 1 saturated carbocycles. The topological polar surface area (TPSA) is 35.5 Å². The Morgan fingerprint density at radius 3 is 2.00 bits per heavy atom. The molecule has 0 aromatic carbocycles. The van der Waals surface area contributed by atoms with Gasteiger partial charge in [0.05, 0.1) is 0 Å². The maximum absolute atomic E-state index is 10.3. The highest BCUT2D eigenvalue weighted by atomic mass is 16.8. The Morgan fingerprint density at radius 2 is 1.75 bits per heavy atom. The van der Waals surface area contributed by atoms with Gasteiger partial charge >= 0.3 is 6.16 Å². The minimum atomic E-state index is -0.488. The molecule has 0 bridgehead atoms. The van der Waals surface area contributed by atoms with E-state index in [4.69, 9.17) is 9.47 Å². The molecular weight excluding hydrogens is 108 g/mol. The van der Waals surface area contributed by atoms with Gasteiger partial charge in [-0.2, -0.15) is 0 Å². The maximum atomic E-state index is 10.3. The fourth-order valence-corrected chi connectivity index (χ4v) is 0.983. The minimum Gasteiger partial charge on any atom is -0.427 e. The third kappa shape index (κ3) is 0.363. The largest absolute Gasteiger partial charge is 0.509 e.